The number of hydrogen-bond acceptors (Lipinski definition) is 7. The third kappa shape index (κ3) is 6.15. The number of aromatic nitrogens is 1. The summed E-state index contributed by atoms with van der Waals surface area (Å²) < 4.78 is 23.4. The molecular formula is C23H20ClFN2O5S. The van der Waals surface area contributed by atoms with Gasteiger partial charge < -0.3 is 9.47 Å². The molecule has 0 N–H and O–H groups in total. The van der Waals surface area contributed by atoms with Crippen LogP contribution in [0.25, 0.3) is 0 Å². The molecule has 1 aromatic heterocycles. The standard InChI is InChI=1S/C23H20ClFN2O5S/c1-3-31-22(30)20-14(2)26-23(33-20)27(12-15-7-5-4-6-8-15)19(28)13-32-21(29)17-10-9-16(25)11-18(17)24/h4-11H,3,12-13H2,1-2H3. The van der Waals surface area contributed by atoms with Gasteiger partial charge in [-0.25, -0.2) is 19.0 Å². The Morgan fingerprint density at radius 3 is 2.48 bits per heavy atom. The number of ether oxygens (including phenoxy) is 2. The van der Waals surface area contributed by atoms with Crippen molar-refractivity contribution in [2.75, 3.05) is 18.1 Å². The number of thiazole rings is 1. The Morgan fingerprint density at radius 1 is 1.09 bits per heavy atom. The van der Waals surface area contributed by atoms with E-state index in [1.54, 1.807) is 13.8 Å². The molecule has 0 aliphatic heterocycles. The van der Waals surface area contributed by atoms with Crippen molar-refractivity contribution in [3.63, 3.8) is 0 Å². The number of hydrogen-bond donors (Lipinski definition) is 0. The Bertz CT molecular complexity index is 1170. The molecule has 0 radical (unpaired) electrons. The fourth-order valence-corrected chi connectivity index (χ4v) is 4.07. The normalized spacial score (nSPS) is 10.5. The van der Waals surface area contributed by atoms with E-state index in [1.165, 1.54) is 11.0 Å². The molecule has 0 aliphatic rings. The van der Waals surface area contributed by atoms with Gasteiger partial charge >= 0.3 is 11.9 Å². The maximum Gasteiger partial charge on any atom is 0.350 e. The summed E-state index contributed by atoms with van der Waals surface area (Å²) in [6, 6.07) is 12.4. The highest BCUT2D eigenvalue weighted by Gasteiger charge is 2.25. The molecule has 0 fully saturated rings. The summed E-state index contributed by atoms with van der Waals surface area (Å²) >= 11 is 6.91. The summed E-state index contributed by atoms with van der Waals surface area (Å²) in [4.78, 5) is 43.6. The Hall–Kier alpha value is -3.30. The number of nitrogens with zero attached hydrogens (tertiary/aromatic N) is 2. The van der Waals surface area contributed by atoms with Crippen LogP contribution in [0.4, 0.5) is 9.52 Å². The molecule has 0 atom stereocenters. The van der Waals surface area contributed by atoms with Crippen molar-refractivity contribution in [3.8, 4) is 0 Å². The number of rotatable bonds is 8. The van der Waals surface area contributed by atoms with Crippen LogP contribution in [-0.4, -0.2) is 36.0 Å². The van der Waals surface area contributed by atoms with Gasteiger partial charge in [-0.05, 0) is 37.6 Å². The highest BCUT2D eigenvalue weighted by atomic mass is 35.5. The Balaban J connectivity index is 1.82. The first-order valence-electron chi connectivity index (χ1n) is 9.91. The molecule has 3 rings (SSSR count). The average Bonchev–Trinajstić information content (AvgIpc) is 3.18. The van der Waals surface area contributed by atoms with Gasteiger partial charge in [-0.15, -0.1) is 0 Å². The van der Waals surface area contributed by atoms with Gasteiger partial charge in [0.25, 0.3) is 5.91 Å². The number of esters is 2. The Labute approximate surface area is 198 Å². The third-order valence-electron chi connectivity index (χ3n) is 4.44. The highest BCUT2D eigenvalue weighted by Crippen LogP contribution is 2.28. The van der Waals surface area contributed by atoms with Crippen molar-refractivity contribution in [2.45, 2.75) is 20.4 Å². The van der Waals surface area contributed by atoms with Crippen molar-refractivity contribution in [2.24, 2.45) is 0 Å². The summed E-state index contributed by atoms with van der Waals surface area (Å²) in [7, 11) is 0. The van der Waals surface area contributed by atoms with Crippen LogP contribution < -0.4 is 4.90 Å². The minimum absolute atomic E-state index is 0.0600. The van der Waals surface area contributed by atoms with Crippen LogP contribution in [0.5, 0.6) is 0 Å². The lowest BCUT2D eigenvalue weighted by Crippen LogP contribution is -2.34. The Kier molecular flexibility index (Phi) is 8.13. The van der Waals surface area contributed by atoms with Gasteiger partial charge in [0.15, 0.2) is 11.7 Å². The second kappa shape index (κ2) is 11.0. The minimum Gasteiger partial charge on any atom is -0.462 e. The predicted molar refractivity (Wildman–Crippen MR) is 122 cm³/mol. The molecule has 0 aliphatic carbocycles. The third-order valence-corrected chi connectivity index (χ3v) is 5.91. The van der Waals surface area contributed by atoms with E-state index in [4.69, 9.17) is 21.1 Å². The quantitative estimate of drug-likeness (QED) is 0.421. The average molecular weight is 491 g/mol. The van der Waals surface area contributed by atoms with Crippen LogP contribution >= 0.6 is 22.9 Å². The lowest BCUT2D eigenvalue weighted by molar-refractivity contribution is -0.121. The molecule has 172 valence electrons. The molecule has 1 amide bonds. The first kappa shape index (κ1) is 24.3. The van der Waals surface area contributed by atoms with Crippen molar-refractivity contribution >= 4 is 45.9 Å². The smallest absolute Gasteiger partial charge is 0.350 e. The maximum absolute atomic E-state index is 13.2. The van der Waals surface area contributed by atoms with Crippen molar-refractivity contribution in [1.82, 2.24) is 4.98 Å². The number of halogens is 2. The predicted octanol–water partition coefficient (Wildman–Crippen LogP) is 4.81. The van der Waals surface area contributed by atoms with Crippen LogP contribution in [0, 0.1) is 12.7 Å². The molecule has 10 heteroatoms. The fraction of sp³-hybridized carbons (Fsp3) is 0.217. The summed E-state index contributed by atoms with van der Waals surface area (Å²) in [6.45, 7) is 3.09. The van der Waals surface area contributed by atoms with E-state index in [0.29, 0.717) is 5.69 Å². The van der Waals surface area contributed by atoms with E-state index in [2.05, 4.69) is 4.98 Å². The van der Waals surface area contributed by atoms with Crippen LogP contribution in [0.15, 0.2) is 48.5 Å². The van der Waals surface area contributed by atoms with Crippen LogP contribution in [0.3, 0.4) is 0 Å². The summed E-state index contributed by atoms with van der Waals surface area (Å²) in [5.74, 6) is -2.55. The zero-order valence-corrected chi connectivity index (χ0v) is 19.4. The molecule has 3 aromatic rings. The summed E-state index contributed by atoms with van der Waals surface area (Å²) in [5.41, 5.74) is 1.17. The zero-order valence-electron chi connectivity index (χ0n) is 17.8. The number of aryl methyl sites for hydroxylation is 1. The molecule has 7 nitrogen and oxygen atoms in total. The van der Waals surface area contributed by atoms with Crippen molar-refractivity contribution in [3.05, 3.63) is 81.1 Å². The number of anilines is 1. The fourth-order valence-electron chi connectivity index (χ4n) is 2.85. The van der Waals surface area contributed by atoms with E-state index < -0.39 is 30.3 Å². The lowest BCUT2D eigenvalue weighted by Gasteiger charge is -2.20. The second-order valence-corrected chi connectivity index (χ2v) is 8.18. The monoisotopic (exact) mass is 490 g/mol. The number of benzene rings is 2. The van der Waals surface area contributed by atoms with E-state index in [0.717, 1.165) is 29.0 Å². The van der Waals surface area contributed by atoms with E-state index in [1.807, 2.05) is 30.3 Å². The van der Waals surface area contributed by atoms with Crippen LogP contribution in [0.2, 0.25) is 5.02 Å². The number of amides is 1. The van der Waals surface area contributed by atoms with Crippen molar-refractivity contribution < 1.29 is 28.2 Å². The zero-order chi connectivity index (χ0) is 24.0. The number of carbonyl (C=O) groups is 3. The molecule has 0 saturated heterocycles. The molecule has 1 heterocycles. The van der Waals surface area contributed by atoms with Crippen LogP contribution in [-0.2, 0) is 20.8 Å². The van der Waals surface area contributed by atoms with Gasteiger partial charge in [0.05, 0.1) is 29.4 Å². The first-order valence-corrected chi connectivity index (χ1v) is 11.1. The molecule has 2 aromatic carbocycles. The Morgan fingerprint density at radius 2 is 1.82 bits per heavy atom. The van der Waals surface area contributed by atoms with Gasteiger partial charge in [0.1, 0.15) is 10.7 Å². The molecule has 33 heavy (non-hydrogen) atoms. The van der Waals surface area contributed by atoms with Crippen LogP contribution in [0.1, 0.15) is 38.2 Å². The SMILES string of the molecule is CCOC(=O)c1sc(N(Cc2ccccc2)C(=O)COC(=O)c2ccc(F)cc2Cl)nc1C. The second-order valence-electron chi connectivity index (χ2n) is 6.80. The van der Waals surface area contributed by atoms with E-state index in [-0.39, 0.29) is 33.7 Å². The highest BCUT2D eigenvalue weighted by molar-refractivity contribution is 7.17. The first-order chi connectivity index (χ1) is 15.8. The lowest BCUT2D eigenvalue weighted by atomic mass is 10.2. The summed E-state index contributed by atoms with van der Waals surface area (Å²) in [5, 5.41) is 0.142. The largest absolute Gasteiger partial charge is 0.462 e. The number of carbonyl (C=O) groups excluding carboxylic acids is 3. The van der Waals surface area contributed by atoms with Gasteiger partial charge in [-0.1, -0.05) is 53.3 Å². The van der Waals surface area contributed by atoms with E-state index >= 15 is 0 Å². The van der Waals surface area contributed by atoms with Gasteiger partial charge in [0, 0.05) is 0 Å². The van der Waals surface area contributed by atoms with Gasteiger partial charge in [-0.3, -0.25) is 9.69 Å². The topological polar surface area (TPSA) is 85.8 Å². The molecule has 0 unspecified atom stereocenters. The molecule has 0 spiro atoms. The van der Waals surface area contributed by atoms with E-state index in [9.17, 15) is 18.8 Å². The summed E-state index contributed by atoms with van der Waals surface area (Å²) in [6.07, 6.45) is 0. The molecular weight excluding hydrogens is 471 g/mol. The van der Waals surface area contributed by atoms with Gasteiger partial charge in [0.2, 0.25) is 0 Å². The maximum atomic E-state index is 13.2. The minimum atomic E-state index is -0.865. The molecule has 0 bridgehead atoms. The van der Waals surface area contributed by atoms with Crippen molar-refractivity contribution in [1.29, 1.82) is 0 Å². The molecule has 0 saturated carbocycles. The van der Waals surface area contributed by atoms with Gasteiger partial charge in [-0.2, -0.15) is 0 Å².